The largest absolute Gasteiger partial charge is 0.476 e. The van der Waals surface area contributed by atoms with Gasteiger partial charge in [0.05, 0.1) is 10.7 Å². The Morgan fingerprint density at radius 1 is 1.53 bits per heavy atom. The molecule has 2 heterocycles. The van der Waals surface area contributed by atoms with E-state index in [0.717, 1.165) is 11.5 Å². The van der Waals surface area contributed by atoms with Gasteiger partial charge < -0.3 is 10.4 Å². The van der Waals surface area contributed by atoms with Gasteiger partial charge in [-0.25, -0.2) is 9.78 Å². The molecule has 17 heavy (non-hydrogen) atoms. The van der Waals surface area contributed by atoms with Crippen LogP contribution in [0.3, 0.4) is 0 Å². The van der Waals surface area contributed by atoms with Gasteiger partial charge in [-0.2, -0.15) is 5.10 Å². The SMILES string of the molecule is Cc1cc(Nc2sc(C)nc2C(=O)O)n(C)n1. The fourth-order valence-corrected chi connectivity index (χ4v) is 2.32. The summed E-state index contributed by atoms with van der Waals surface area (Å²) in [5.74, 6) is -0.288. The predicted octanol–water partition coefficient (Wildman–Crippen LogP) is 1.94. The van der Waals surface area contributed by atoms with E-state index in [1.54, 1.807) is 18.7 Å². The van der Waals surface area contributed by atoms with Crippen LogP contribution in [0.1, 0.15) is 21.2 Å². The topological polar surface area (TPSA) is 80.0 Å². The molecule has 0 amide bonds. The molecular formula is C10H12N4O2S. The van der Waals surface area contributed by atoms with E-state index in [4.69, 9.17) is 5.11 Å². The summed E-state index contributed by atoms with van der Waals surface area (Å²) in [6, 6.07) is 1.85. The van der Waals surface area contributed by atoms with Crippen molar-refractivity contribution in [3.8, 4) is 0 Å². The minimum absolute atomic E-state index is 0.0475. The second-order valence-corrected chi connectivity index (χ2v) is 4.84. The second kappa shape index (κ2) is 4.17. The van der Waals surface area contributed by atoms with E-state index in [1.807, 2.05) is 13.0 Å². The summed E-state index contributed by atoms with van der Waals surface area (Å²) in [7, 11) is 1.80. The summed E-state index contributed by atoms with van der Waals surface area (Å²) in [5, 5.41) is 17.5. The Labute approximate surface area is 102 Å². The van der Waals surface area contributed by atoms with Gasteiger partial charge in [0.15, 0.2) is 5.69 Å². The van der Waals surface area contributed by atoms with E-state index in [9.17, 15) is 4.79 Å². The molecular weight excluding hydrogens is 240 g/mol. The van der Waals surface area contributed by atoms with Crippen molar-refractivity contribution in [3.63, 3.8) is 0 Å². The number of aryl methyl sites for hydroxylation is 3. The second-order valence-electron chi connectivity index (χ2n) is 3.64. The van der Waals surface area contributed by atoms with Gasteiger partial charge >= 0.3 is 5.97 Å². The Kier molecular flexibility index (Phi) is 2.84. The molecule has 0 aliphatic carbocycles. The number of aromatic nitrogens is 3. The molecule has 0 radical (unpaired) electrons. The molecule has 0 spiro atoms. The molecule has 0 saturated carbocycles. The lowest BCUT2D eigenvalue weighted by Crippen LogP contribution is -2.03. The summed E-state index contributed by atoms with van der Waals surface area (Å²) < 4.78 is 1.66. The summed E-state index contributed by atoms with van der Waals surface area (Å²) in [6.45, 7) is 3.65. The summed E-state index contributed by atoms with van der Waals surface area (Å²) in [4.78, 5) is 15.0. The lowest BCUT2D eigenvalue weighted by molar-refractivity contribution is 0.0692. The standard InChI is InChI=1S/C10H12N4O2S/c1-5-4-7(14(3)13-5)12-9-8(10(15)16)11-6(2)17-9/h4,12H,1-3H3,(H,15,16). The first kappa shape index (κ1) is 11.6. The van der Waals surface area contributed by atoms with Crippen LogP contribution in [0.5, 0.6) is 0 Å². The van der Waals surface area contributed by atoms with Crippen LogP contribution in [0.15, 0.2) is 6.07 Å². The molecule has 0 atom stereocenters. The molecule has 2 rings (SSSR count). The third-order valence-electron chi connectivity index (χ3n) is 2.18. The van der Waals surface area contributed by atoms with Crippen molar-refractivity contribution in [2.24, 2.45) is 7.05 Å². The lowest BCUT2D eigenvalue weighted by Gasteiger charge is -2.03. The lowest BCUT2D eigenvalue weighted by atomic mass is 10.4. The molecule has 2 N–H and O–H groups in total. The maximum absolute atomic E-state index is 11.0. The molecule has 2 aromatic rings. The maximum Gasteiger partial charge on any atom is 0.357 e. The Morgan fingerprint density at radius 2 is 2.24 bits per heavy atom. The van der Waals surface area contributed by atoms with E-state index < -0.39 is 5.97 Å². The van der Waals surface area contributed by atoms with Crippen LogP contribution in [0.25, 0.3) is 0 Å². The zero-order chi connectivity index (χ0) is 12.6. The van der Waals surface area contributed by atoms with Gasteiger partial charge in [-0.3, -0.25) is 4.68 Å². The maximum atomic E-state index is 11.0. The fraction of sp³-hybridized carbons (Fsp3) is 0.300. The Balaban J connectivity index is 2.36. The minimum Gasteiger partial charge on any atom is -0.476 e. The number of anilines is 2. The molecule has 0 fully saturated rings. The number of hydrogen-bond donors (Lipinski definition) is 2. The highest BCUT2D eigenvalue weighted by Gasteiger charge is 2.17. The van der Waals surface area contributed by atoms with Gasteiger partial charge in [-0.1, -0.05) is 0 Å². The van der Waals surface area contributed by atoms with E-state index in [1.165, 1.54) is 11.3 Å². The highest BCUT2D eigenvalue weighted by atomic mass is 32.1. The van der Waals surface area contributed by atoms with Crippen LogP contribution in [0.4, 0.5) is 10.8 Å². The zero-order valence-corrected chi connectivity index (χ0v) is 10.5. The highest BCUT2D eigenvalue weighted by Crippen LogP contribution is 2.27. The zero-order valence-electron chi connectivity index (χ0n) is 9.68. The van der Waals surface area contributed by atoms with Crippen LogP contribution in [0, 0.1) is 13.8 Å². The van der Waals surface area contributed by atoms with Crippen LogP contribution in [-0.2, 0) is 7.05 Å². The number of carboxylic acids is 1. The van der Waals surface area contributed by atoms with E-state index >= 15 is 0 Å². The third-order valence-corrected chi connectivity index (χ3v) is 3.07. The van der Waals surface area contributed by atoms with Gasteiger partial charge in [0.25, 0.3) is 0 Å². The molecule has 0 bridgehead atoms. The van der Waals surface area contributed by atoms with Crippen molar-refractivity contribution < 1.29 is 9.90 Å². The van der Waals surface area contributed by atoms with Gasteiger partial charge in [-0.15, -0.1) is 11.3 Å². The van der Waals surface area contributed by atoms with Crippen molar-refractivity contribution in [1.29, 1.82) is 0 Å². The molecule has 0 aliphatic heterocycles. The number of thiazole rings is 1. The van der Waals surface area contributed by atoms with E-state index in [0.29, 0.717) is 10.0 Å². The summed E-state index contributed by atoms with van der Waals surface area (Å²) in [5.41, 5.74) is 0.916. The number of rotatable bonds is 3. The molecule has 0 saturated heterocycles. The number of hydrogen-bond acceptors (Lipinski definition) is 5. The molecule has 90 valence electrons. The average Bonchev–Trinajstić information content (AvgIpc) is 2.71. The molecule has 2 aromatic heterocycles. The Hall–Kier alpha value is -1.89. The quantitative estimate of drug-likeness (QED) is 0.872. The molecule has 0 aromatic carbocycles. The van der Waals surface area contributed by atoms with Gasteiger partial charge in [0.1, 0.15) is 10.8 Å². The minimum atomic E-state index is -1.03. The Morgan fingerprint density at radius 3 is 2.76 bits per heavy atom. The van der Waals surface area contributed by atoms with Crippen molar-refractivity contribution in [3.05, 3.63) is 22.5 Å². The fourth-order valence-electron chi connectivity index (χ4n) is 1.50. The average molecular weight is 252 g/mol. The number of nitrogens with zero attached hydrogens (tertiary/aromatic N) is 3. The van der Waals surface area contributed by atoms with Crippen molar-refractivity contribution in [1.82, 2.24) is 14.8 Å². The van der Waals surface area contributed by atoms with Crippen molar-refractivity contribution >= 4 is 28.1 Å². The van der Waals surface area contributed by atoms with Crippen molar-refractivity contribution in [2.45, 2.75) is 13.8 Å². The van der Waals surface area contributed by atoms with Crippen LogP contribution in [0.2, 0.25) is 0 Å². The van der Waals surface area contributed by atoms with Crippen molar-refractivity contribution in [2.75, 3.05) is 5.32 Å². The monoisotopic (exact) mass is 252 g/mol. The van der Waals surface area contributed by atoms with E-state index in [-0.39, 0.29) is 5.69 Å². The van der Waals surface area contributed by atoms with Crippen LogP contribution in [-0.4, -0.2) is 25.8 Å². The van der Waals surface area contributed by atoms with Gasteiger partial charge in [-0.05, 0) is 13.8 Å². The van der Waals surface area contributed by atoms with Crippen LogP contribution >= 0.6 is 11.3 Å². The Bertz CT molecular complexity index is 573. The first-order valence-electron chi connectivity index (χ1n) is 4.95. The van der Waals surface area contributed by atoms with Crippen LogP contribution < -0.4 is 5.32 Å². The molecule has 0 unspecified atom stereocenters. The third kappa shape index (κ3) is 2.28. The summed E-state index contributed by atoms with van der Waals surface area (Å²) in [6.07, 6.45) is 0. The first-order valence-corrected chi connectivity index (χ1v) is 5.77. The number of nitrogens with one attached hydrogen (secondary N) is 1. The summed E-state index contributed by atoms with van der Waals surface area (Å²) >= 11 is 1.31. The number of carboxylic acid groups (broad SMARTS) is 1. The smallest absolute Gasteiger partial charge is 0.357 e. The molecule has 6 nitrogen and oxygen atoms in total. The van der Waals surface area contributed by atoms with Gasteiger partial charge in [0.2, 0.25) is 0 Å². The normalized spacial score (nSPS) is 10.5. The predicted molar refractivity (Wildman–Crippen MR) is 65.0 cm³/mol. The number of aromatic carboxylic acids is 1. The molecule has 0 aliphatic rings. The van der Waals surface area contributed by atoms with E-state index in [2.05, 4.69) is 15.4 Å². The highest BCUT2D eigenvalue weighted by molar-refractivity contribution is 7.16. The number of carbonyl (C=O) groups is 1. The first-order chi connectivity index (χ1) is 7.97. The molecule has 7 heteroatoms. The van der Waals surface area contributed by atoms with Gasteiger partial charge in [0, 0.05) is 13.1 Å².